The second-order valence-electron chi connectivity index (χ2n) is 9.32. The number of hydrogen-bond donors (Lipinski definition) is 0. The maximum absolute atomic E-state index is 13.5. The van der Waals surface area contributed by atoms with Gasteiger partial charge in [-0.25, -0.2) is 0 Å². The molecular formula is C29H27NO3. The number of carbonyl (C=O) groups excluding carboxylic acids is 2. The van der Waals surface area contributed by atoms with Crippen molar-refractivity contribution < 1.29 is 14.3 Å². The van der Waals surface area contributed by atoms with Crippen molar-refractivity contribution in [1.82, 2.24) is 4.90 Å². The molecule has 4 nitrogen and oxygen atoms in total. The average Bonchev–Trinajstić information content (AvgIpc) is 3.25. The van der Waals surface area contributed by atoms with Crippen LogP contribution >= 0.6 is 0 Å². The highest BCUT2D eigenvalue weighted by molar-refractivity contribution is 6.41. The molecule has 0 aromatic heterocycles. The minimum atomic E-state index is -1.07. The van der Waals surface area contributed by atoms with E-state index >= 15 is 0 Å². The minimum Gasteiger partial charge on any atom is -0.482 e. The maximum Gasteiger partial charge on any atom is 0.291 e. The van der Waals surface area contributed by atoms with Crippen molar-refractivity contribution in [2.75, 3.05) is 6.54 Å². The standard InChI is InChI=1S/C29H27NO3/c1-20-9-13-24(14-10-20)29(25-15-11-21(2)12-16-25)18-28(22(3)33-29)19-30(27(32)26(28)31)17-23-7-5-4-6-8-23/h4-16H,3,17-19H2,1-2H3/t28-/m1/s1. The van der Waals surface area contributed by atoms with Crippen molar-refractivity contribution in [3.63, 3.8) is 0 Å². The molecule has 5 rings (SSSR count). The number of ether oxygens (including phenoxy) is 1. The predicted octanol–water partition coefficient (Wildman–Crippen LogP) is 5.08. The van der Waals surface area contributed by atoms with Crippen LogP contribution in [0.1, 0.15) is 34.2 Å². The molecule has 2 fully saturated rings. The van der Waals surface area contributed by atoms with Crippen molar-refractivity contribution in [2.24, 2.45) is 5.41 Å². The van der Waals surface area contributed by atoms with Gasteiger partial charge in [0.25, 0.3) is 5.91 Å². The van der Waals surface area contributed by atoms with E-state index in [2.05, 4.69) is 6.58 Å². The average molecular weight is 438 g/mol. The van der Waals surface area contributed by atoms with Crippen LogP contribution in [0.5, 0.6) is 0 Å². The van der Waals surface area contributed by atoms with E-state index in [1.165, 1.54) is 0 Å². The number of nitrogens with zero attached hydrogens (tertiary/aromatic N) is 1. The zero-order chi connectivity index (χ0) is 23.2. The topological polar surface area (TPSA) is 46.6 Å². The SMILES string of the molecule is C=C1OC(c2ccc(C)cc2)(c2ccc(C)cc2)C[C@@]12CN(Cc1ccccc1)C(=O)C2=O. The summed E-state index contributed by atoms with van der Waals surface area (Å²) in [7, 11) is 0. The normalized spacial score (nSPS) is 21.6. The van der Waals surface area contributed by atoms with Crippen LogP contribution in [0.15, 0.2) is 91.2 Å². The first-order valence-electron chi connectivity index (χ1n) is 11.2. The molecule has 0 bridgehead atoms. The number of carbonyl (C=O) groups is 2. The Bertz CT molecular complexity index is 1180. The highest BCUT2D eigenvalue weighted by Gasteiger charge is 2.64. The molecule has 3 aromatic rings. The molecule has 0 aliphatic carbocycles. The quantitative estimate of drug-likeness (QED) is 0.535. The molecule has 0 unspecified atom stereocenters. The molecule has 1 atom stereocenters. The van der Waals surface area contributed by atoms with Gasteiger partial charge in [0.15, 0.2) is 5.60 Å². The molecule has 2 aliphatic rings. The number of ketones is 1. The maximum atomic E-state index is 13.5. The molecule has 0 radical (unpaired) electrons. The highest BCUT2D eigenvalue weighted by Crippen LogP contribution is 2.57. The molecule has 3 aromatic carbocycles. The lowest BCUT2D eigenvalue weighted by atomic mass is 9.72. The third kappa shape index (κ3) is 3.37. The van der Waals surface area contributed by atoms with Crippen molar-refractivity contribution in [2.45, 2.75) is 32.4 Å². The van der Waals surface area contributed by atoms with Crippen LogP contribution in [-0.2, 0) is 26.5 Å². The molecule has 0 N–H and O–H groups in total. The summed E-state index contributed by atoms with van der Waals surface area (Å²) in [6.07, 6.45) is 0.348. The van der Waals surface area contributed by atoms with Crippen LogP contribution in [0.25, 0.3) is 0 Å². The minimum absolute atomic E-state index is 0.276. The lowest BCUT2D eigenvalue weighted by Crippen LogP contribution is -2.33. The Morgan fingerprint density at radius 3 is 1.94 bits per heavy atom. The third-order valence-corrected chi connectivity index (χ3v) is 7.01. The molecule has 0 saturated carbocycles. The van der Waals surface area contributed by atoms with Crippen molar-refractivity contribution in [3.05, 3.63) is 119 Å². The summed E-state index contributed by atoms with van der Waals surface area (Å²) >= 11 is 0. The Balaban J connectivity index is 1.57. The van der Waals surface area contributed by atoms with E-state index in [4.69, 9.17) is 4.74 Å². The van der Waals surface area contributed by atoms with Crippen LogP contribution in [-0.4, -0.2) is 23.1 Å². The Hall–Kier alpha value is -3.66. The summed E-state index contributed by atoms with van der Waals surface area (Å²) < 4.78 is 6.56. The summed E-state index contributed by atoms with van der Waals surface area (Å²) in [5.74, 6) is -0.519. The van der Waals surface area contributed by atoms with Crippen LogP contribution in [0.2, 0.25) is 0 Å². The number of benzene rings is 3. The van der Waals surface area contributed by atoms with Crippen LogP contribution < -0.4 is 0 Å². The highest BCUT2D eigenvalue weighted by atomic mass is 16.5. The van der Waals surface area contributed by atoms with Gasteiger partial charge in [-0.1, -0.05) is 96.6 Å². The molecule has 2 heterocycles. The second kappa shape index (κ2) is 7.73. The number of rotatable bonds is 4. The molecule has 166 valence electrons. The van der Waals surface area contributed by atoms with Gasteiger partial charge in [0, 0.05) is 19.5 Å². The van der Waals surface area contributed by atoms with Crippen molar-refractivity contribution in [1.29, 1.82) is 0 Å². The molecule has 4 heteroatoms. The van der Waals surface area contributed by atoms with Gasteiger partial charge in [-0.05, 0) is 30.5 Å². The van der Waals surface area contributed by atoms with Gasteiger partial charge in [-0.15, -0.1) is 0 Å². The smallest absolute Gasteiger partial charge is 0.291 e. The summed E-state index contributed by atoms with van der Waals surface area (Å²) in [5.41, 5.74) is 3.24. The van der Waals surface area contributed by atoms with Gasteiger partial charge >= 0.3 is 0 Å². The van der Waals surface area contributed by atoms with E-state index in [0.717, 1.165) is 27.8 Å². The largest absolute Gasteiger partial charge is 0.482 e. The number of aryl methyl sites for hydroxylation is 2. The van der Waals surface area contributed by atoms with Gasteiger partial charge in [-0.3, -0.25) is 9.59 Å². The van der Waals surface area contributed by atoms with Gasteiger partial charge < -0.3 is 9.64 Å². The Morgan fingerprint density at radius 2 is 1.39 bits per heavy atom. The van der Waals surface area contributed by atoms with E-state index in [9.17, 15) is 9.59 Å². The van der Waals surface area contributed by atoms with Crippen molar-refractivity contribution in [3.8, 4) is 0 Å². The molecule has 1 spiro atoms. The lowest BCUT2D eigenvalue weighted by Gasteiger charge is -2.30. The Morgan fingerprint density at radius 1 is 0.848 bits per heavy atom. The second-order valence-corrected chi connectivity index (χ2v) is 9.32. The number of likely N-dealkylation sites (tertiary alicyclic amines) is 1. The monoisotopic (exact) mass is 437 g/mol. The van der Waals surface area contributed by atoms with Gasteiger partial charge in [-0.2, -0.15) is 0 Å². The zero-order valence-corrected chi connectivity index (χ0v) is 19.0. The molecule has 2 saturated heterocycles. The Kier molecular flexibility index (Phi) is 4.97. The number of amides is 1. The zero-order valence-electron chi connectivity index (χ0n) is 19.0. The summed E-state index contributed by atoms with van der Waals surface area (Å²) in [6, 6.07) is 26.1. The fourth-order valence-electron chi connectivity index (χ4n) is 5.10. The van der Waals surface area contributed by atoms with Gasteiger partial charge in [0.05, 0.1) is 0 Å². The van der Waals surface area contributed by atoms with E-state index in [1.807, 2.05) is 92.7 Å². The first-order valence-corrected chi connectivity index (χ1v) is 11.2. The third-order valence-electron chi connectivity index (χ3n) is 7.01. The van der Waals surface area contributed by atoms with Gasteiger partial charge in [0.1, 0.15) is 11.2 Å². The summed E-state index contributed by atoms with van der Waals surface area (Å²) in [4.78, 5) is 28.2. The molecular weight excluding hydrogens is 410 g/mol. The first kappa shape index (κ1) is 21.2. The number of Topliss-reactive ketones (excluding diaryl/α,β-unsaturated/α-hetero) is 1. The number of hydrogen-bond acceptors (Lipinski definition) is 3. The molecule has 2 aliphatic heterocycles. The lowest BCUT2D eigenvalue weighted by molar-refractivity contribution is -0.142. The summed E-state index contributed by atoms with van der Waals surface area (Å²) in [6.45, 7) is 8.92. The predicted molar refractivity (Wildman–Crippen MR) is 127 cm³/mol. The van der Waals surface area contributed by atoms with E-state index < -0.39 is 22.7 Å². The first-order chi connectivity index (χ1) is 15.8. The fraction of sp³-hybridized carbons (Fsp3) is 0.241. The van der Waals surface area contributed by atoms with Crippen molar-refractivity contribution >= 4 is 11.7 Å². The van der Waals surface area contributed by atoms with E-state index in [0.29, 0.717) is 18.7 Å². The van der Waals surface area contributed by atoms with Crippen LogP contribution in [0.4, 0.5) is 0 Å². The van der Waals surface area contributed by atoms with Gasteiger partial charge in [0.2, 0.25) is 5.78 Å². The molecule has 1 amide bonds. The summed E-state index contributed by atoms with van der Waals surface area (Å²) in [5, 5.41) is 0. The Labute approximate surface area is 194 Å². The van der Waals surface area contributed by atoms with E-state index in [-0.39, 0.29) is 6.54 Å². The van der Waals surface area contributed by atoms with Crippen LogP contribution in [0.3, 0.4) is 0 Å². The fourth-order valence-corrected chi connectivity index (χ4v) is 5.10. The van der Waals surface area contributed by atoms with Crippen LogP contribution in [0, 0.1) is 19.3 Å². The molecule has 33 heavy (non-hydrogen) atoms. The van der Waals surface area contributed by atoms with E-state index in [1.54, 1.807) is 4.90 Å².